The van der Waals surface area contributed by atoms with Crippen LogP contribution < -0.4 is 4.74 Å². The molecule has 3 aromatic rings. The molecule has 0 amide bonds. The summed E-state index contributed by atoms with van der Waals surface area (Å²) in [6.45, 7) is 7.75. The SMILES string of the molecule is CC1Cc2c([nH]c3ccccc23)C(c2c(F)cc(OC3CN(CC4CCC4)C3)cc2F)N1CC(C)(C)F. The van der Waals surface area contributed by atoms with Gasteiger partial charge in [0, 0.05) is 66.5 Å². The van der Waals surface area contributed by atoms with Crippen molar-refractivity contribution >= 4 is 10.9 Å². The zero-order valence-corrected chi connectivity index (χ0v) is 21.9. The Morgan fingerprint density at radius 2 is 1.78 bits per heavy atom. The number of benzene rings is 2. The Balaban J connectivity index is 1.31. The van der Waals surface area contributed by atoms with Gasteiger partial charge in [-0.05, 0) is 57.6 Å². The van der Waals surface area contributed by atoms with Crippen molar-refractivity contribution in [2.45, 2.75) is 70.3 Å². The largest absolute Gasteiger partial charge is 0.488 e. The van der Waals surface area contributed by atoms with E-state index in [-0.39, 0.29) is 30.0 Å². The number of halogens is 3. The Morgan fingerprint density at radius 3 is 2.43 bits per heavy atom. The number of nitrogens with one attached hydrogen (secondary N) is 1. The second-order valence-electron chi connectivity index (χ2n) is 12.0. The lowest BCUT2D eigenvalue weighted by atomic mass is 9.84. The maximum Gasteiger partial charge on any atom is 0.135 e. The molecule has 1 aromatic heterocycles. The van der Waals surface area contributed by atoms with E-state index in [9.17, 15) is 4.39 Å². The minimum Gasteiger partial charge on any atom is -0.488 e. The summed E-state index contributed by atoms with van der Waals surface area (Å²) in [5, 5.41) is 1.05. The molecule has 2 atom stereocenters. The Kier molecular flexibility index (Phi) is 6.27. The fourth-order valence-corrected chi connectivity index (χ4v) is 6.37. The Labute approximate surface area is 216 Å². The number of hydrogen-bond acceptors (Lipinski definition) is 3. The van der Waals surface area contributed by atoms with Gasteiger partial charge in [-0.2, -0.15) is 0 Å². The highest BCUT2D eigenvalue weighted by Gasteiger charge is 2.41. The normalized spacial score (nSPS) is 23.6. The van der Waals surface area contributed by atoms with Crippen LogP contribution in [0.3, 0.4) is 0 Å². The molecule has 37 heavy (non-hydrogen) atoms. The molecule has 2 unspecified atom stereocenters. The molecule has 0 radical (unpaired) electrons. The van der Waals surface area contributed by atoms with Crippen LogP contribution in [-0.2, 0) is 6.42 Å². The second kappa shape index (κ2) is 9.35. The Hall–Kier alpha value is -2.51. The molecule has 4 nitrogen and oxygen atoms in total. The summed E-state index contributed by atoms with van der Waals surface area (Å²) in [5.41, 5.74) is 1.11. The average molecular weight is 512 g/mol. The summed E-state index contributed by atoms with van der Waals surface area (Å²) in [7, 11) is 0. The number of H-pyrrole nitrogens is 1. The van der Waals surface area contributed by atoms with Crippen molar-refractivity contribution < 1.29 is 17.9 Å². The number of aromatic amines is 1. The van der Waals surface area contributed by atoms with Gasteiger partial charge >= 0.3 is 0 Å². The van der Waals surface area contributed by atoms with Gasteiger partial charge in [-0.15, -0.1) is 0 Å². The summed E-state index contributed by atoms with van der Waals surface area (Å²) >= 11 is 0. The van der Waals surface area contributed by atoms with Crippen LogP contribution in [0.2, 0.25) is 0 Å². The van der Waals surface area contributed by atoms with Crippen LogP contribution >= 0.6 is 0 Å². The molecule has 1 aliphatic carbocycles. The molecular weight excluding hydrogens is 475 g/mol. The van der Waals surface area contributed by atoms with E-state index in [1.807, 2.05) is 36.1 Å². The standard InChI is InChI=1S/C30H36F3N3O/c1-18-11-23-22-9-4-5-10-26(22)34-28(23)29(36(18)17-30(2,3)33)27-24(31)12-20(13-25(27)32)37-21-15-35(16-21)14-19-7-6-8-19/h4-5,9-10,12-13,18-19,21,29,34H,6-8,11,14-17H2,1-3H3. The van der Waals surface area contributed by atoms with Crippen LogP contribution in [0.1, 0.15) is 62.9 Å². The Morgan fingerprint density at radius 1 is 1.08 bits per heavy atom. The van der Waals surface area contributed by atoms with E-state index in [4.69, 9.17) is 4.74 Å². The fraction of sp³-hybridized carbons (Fsp3) is 0.533. The molecule has 198 valence electrons. The number of fused-ring (bicyclic) bond motifs is 3. The van der Waals surface area contributed by atoms with Crippen molar-refractivity contribution in [1.82, 2.24) is 14.8 Å². The number of aromatic nitrogens is 1. The number of likely N-dealkylation sites (tertiary alicyclic amines) is 1. The summed E-state index contributed by atoms with van der Waals surface area (Å²) in [4.78, 5) is 7.66. The molecule has 0 bridgehead atoms. The van der Waals surface area contributed by atoms with Crippen LogP contribution in [0.25, 0.3) is 10.9 Å². The highest BCUT2D eigenvalue weighted by molar-refractivity contribution is 5.85. The first kappa shape index (κ1) is 24.8. The van der Waals surface area contributed by atoms with Crippen molar-refractivity contribution in [2.75, 3.05) is 26.2 Å². The molecule has 1 saturated heterocycles. The van der Waals surface area contributed by atoms with Crippen molar-refractivity contribution in [2.24, 2.45) is 5.92 Å². The van der Waals surface area contributed by atoms with Crippen LogP contribution in [0.4, 0.5) is 13.2 Å². The van der Waals surface area contributed by atoms with E-state index in [0.717, 1.165) is 47.7 Å². The fourth-order valence-electron chi connectivity index (χ4n) is 6.37. The predicted octanol–water partition coefficient (Wildman–Crippen LogP) is 6.39. The number of alkyl halides is 1. The number of hydrogen-bond donors (Lipinski definition) is 1. The maximum atomic E-state index is 15.8. The van der Waals surface area contributed by atoms with Gasteiger partial charge in [-0.3, -0.25) is 9.80 Å². The van der Waals surface area contributed by atoms with Crippen molar-refractivity contribution in [3.63, 3.8) is 0 Å². The van der Waals surface area contributed by atoms with Crippen LogP contribution in [-0.4, -0.2) is 58.8 Å². The third-order valence-electron chi connectivity index (χ3n) is 8.37. The molecule has 7 heteroatoms. The quantitative estimate of drug-likeness (QED) is 0.399. The van der Waals surface area contributed by atoms with Crippen LogP contribution in [0, 0.1) is 17.6 Å². The third kappa shape index (κ3) is 4.76. The van der Waals surface area contributed by atoms with E-state index < -0.39 is 23.3 Å². The molecular formula is C30H36F3N3O. The molecule has 2 aromatic carbocycles. The number of rotatable bonds is 7. The predicted molar refractivity (Wildman–Crippen MR) is 140 cm³/mol. The smallest absolute Gasteiger partial charge is 0.135 e. The van der Waals surface area contributed by atoms with Crippen LogP contribution in [0.15, 0.2) is 36.4 Å². The average Bonchev–Trinajstić information content (AvgIpc) is 3.12. The number of ether oxygens (including phenoxy) is 1. The highest BCUT2D eigenvalue weighted by Crippen LogP contribution is 2.44. The topological polar surface area (TPSA) is 31.5 Å². The summed E-state index contributed by atoms with van der Waals surface area (Å²) in [6, 6.07) is 9.63. The zero-order valence-electron chi connectivity index (χ0n) is 21.9. The zero-order chi connectivity index (χ0) is 25.9. The molecule has 2 aliphatic heterocycles. The monoisotopic (exact) mass is 511 g/mol. The van der Waals surface area contributed by atoms with E-state index >= 15 is 8.78 Å². The van der Waals surface area contributed by atoms with Gasteiger partial charge in [-0.1, -0.05) is 24.6 Å². The third-order valence-corrected chi connectivity index (χ3v) is 8.37. The van der Waals surface area contributed by atoms with Gasteiger partial charge in [0.25, 0.3) is 0 Å². The van der Waals surface area contributed by atoms with Gasteiger partial charge in [0.2, 0.25) is 0 Å². The second-order valence-corrected chi connectivity index (χ2v) is 12.0. The van der Waals surface area contributed by atoms with Gasteiger partial charge in [0.05, 0.1) is 6.04 Å². The van der Waals surface area contributed by atoms with Crippen LogP contribution in [0.5, 0.6) is 5.75 Å². The minimum atomic E-state index is -1.53. The molecule has 6 rings (SSSR count). The molecule has 1 saturated carbocycles. The van der Waals surface area contributed by atoms with Gasteiger partial charge in [-0.25, -0.2) is 13.2 Å². The van der Waals surface area contributed by atoms with E-state index in [2.05, 4.69) is 9.88 Å². The first-order valence-electron chi connectivity index (χ1n) is 13.6. The lowest BCUT2D eigenvalue weighted by molar-refractivity contribution is 0.00167. The highest BCUT2D eigenvalue weighted by atomic mass is 19.1. The minimum absolute atomic E-state index is 0.0522. The lowest BCUT2D eigenvalue weighted by Gasteiger charge is -2.43. The van der Waals surface area contributed by atoms with Crippen molar-refractivity contribution in [3.8, 4) is 5.75 Å². The van der Waals surface area contributed by atoms with E-state index in [1.165, 1.54) is 45.2 Å². The molecule has 3 aliphatic rings. The van der Waals surface area contributed by atoms with Crippen molar-refractivity contribution in [1.29, 1.82) is 0 Å². The first-order chi connectivity index (χ1) is 17.7. The molecule has 1 N–H and O–H groups in total. The molecule has 0 spiro atoms. The molecule has 3 heterocycles. The number of nitrogens with zero attached hydrogens (tertiary/aromatic N) is 2. The van der Waals surface area contributed by atoms with E-state index in [1.54, 1.807) is 0 Å². The molecule has 2 fully saturated rings. The van der Waals surface area contributed by atoms with Gasteiger partial charge in [0.1, 0.15) is 29.2 Å². The Bertz CT molecular complexity index is 1270. The number of para-hydroxylation sites is 1. The lowest BCUT2D eigenvalue weighted by Crippen LogP contribution is -2.55. The summed E-state index contributed by atoms with van der Waals surface area (Å²) in [5.74, 6) is -0.318. The van der Waals surface area contributed by atoms with E-state index in [0.29, 0.717) is 6.42 Å². The first-order valence-corrected chi connectivity index (χ1v) is 13.6. The summed E-state index contributed by atoms with van der Waals surface area (Å²) < 4.78 is 52.5. The van der Waals surface area contributed by atoms with Gasteiger partial charge in [0.15, 0.2) is 0 Å². The van der Waals surface area contributed by atoms with Crippen molar-refractivity contribution in [3.05, 3.63) is 64.9 Å². The maximum absolute atomic E-state index is 15.8. The summed E-state index contributed by atoms with van der Waals surface area (Å²) in [6.07, 6.45) is 4.55. The van der Waals surface area contributed by atoms with Gasteiger partial charge < -0.3 is 9.72 Å².